The molecule has 24 heavy (non-hydrogen) atoms. The lowest BCUT2D eigenvalue weighted by molar-refractivity contribution is -0.126. The van der Waals surface area contributed by atoms with Crippen LogP contribution in [0, 0.1) is 5.92 Å². The minimum Gasteiger partial charge on any atom is -0.356 e. The van der Waals surface area contributed by atoms with Crippen LogP contribution in [-0.2, 0) is 9.59 Å². The first-order chi connectivity index (χ1) is 11.5. The topological polar surface area (TPSA) is 78.5 Å². The fourth-order valence-corrected chi connectivity index (χ4v) is 2.79. The molecule has 0 unspecified atom stereocenters. The summed E-state index contributed by atoms with van der Waals surface area (Å²) in [5.74, 6) is 0.000437. The normalized spacial score (nSPS) is 15.0. The van der Waals surface area contributed by atoms with E-state index < -0.39 is 0 Å². The molecular formula is C18H25N3O3. The Bertz CT molecular complexity index is 590. The Hall–Kier alpha value is -2.37. The van der Waals surface area contributed by atoms with Crippen molar-refractivity contribution < 1.29 is 14.4 Å². The van der Waals surface area contributed by atoms with E-state index in [-0.39, 0.29) is 23.6 Å². The number of carbonyl (C=O) groups is 3. The van der Waals surface area contributed by atoms with Gasteiger partial charge in [0, 0.05) is 43.2 Å². The monoisotopic (exact) mass is 331 g/mol. The van der Waals surface area contributed by atoms with Gasteiger partial charge >= 0.3 is 0 Å². The molecule has 0 saturated carbocycles. The van der Waals surface area contributed by atoms with E-state index in [9.17, 15) is 14.4 Å². The van der Waals surface area contributed by atoms with Gasteiger partial charge in [0.15, 0.2) is 0 Å². The maximum Gasteiger partial charge on any atom is 0.253 e. The van der Waals surface area contributed by atoms with Crippen LogP contribution in [-0.4, -0.2) is 42.3 Å². The van der Waals surface area contributed by atoms with Gasteiger partial charge in [-0.1, -0.05) is 6.92 Å². The van der Waals surface area contributed by atoms with E-state index in [4.69, 9.17) is 0 Å². The predicted molar refractivity (Wildman–Crippen MR) is 92.7 cm³/mol. The molecular weight excluding hydrogens is 306 g/mol. The zero-order valence-electron chi connectivity index (χ0n) is 14.3. The van der Waals surface area contributed by atoms with Crippen molar-refractivity contribution in [3.63, 3.8) is 0 Å². The number of hydrogen-bond donors (Lipinski definition) is 2. The summed E-state index contributed by atoms with van der Waals surface area (Å²) in [5.41, 5.74) is 1.29. The van der Waals surface area contributed by atoms with Crippen molar-refractivity contribution >= 4 is 23.4 Å². The average molecular weight is 331 g/mol. The van der Waals surface area contributed by atoms with Gasteiger partial charge in [-0.2, -0.15) is 0 Å². The molecule has 1 aliphatic rings. The average Bonchev–Trinajstić information content (AvgIpc) is 2.62. The van der Waals surface area contributed by atoms with Gasteiger partial charge in [0.05, 0.1) is 0 Å². The van der Waals surface area contributed by atoms with Crippen molar-refractivity contribution in [3.05, 3.63) is 29.8 Å². The summed E-state index contributed by atoms with van der Waals surface area (Å²) in [4.78, 5) is 37.5. The van der Waals surface area contributed by atoms with E-state index in [0.29, 0.717) is 50.1 Å². The van der Waals surface area contributed by atoms with Crippen molar-refractivity contribution in [2.75, 3.05) is 25.0 Å². The van der Waals surface area contributed by atoms with Crippen molar-refractivity contribution in [2.24, 2.45) is 5.92 Å². The zero-order chi connectivity index (χ0) is 17.5. The Morgan fingerprint density at radius 1 is 1.08 bits per heavy atom. The number of carbonyl (C=O) groups excluding carboxylic acids is 3. The fraction of sp³-hybridized carbons (Fsp3) is 0.500. The van der Waals surface area contributed by atoms with Crippen LogP contribution in [0.25, 0.3) is 0 Å². The minimum atomic E-state index is -0.0542. The number of hydrogen-bond acceptors (Lipinski definition) is 3. The van der Waals surface area contributed by atoms with E-state index in [0.717, 1.165) is 0 Å². The highest BCUT2D eigenvalue weighted by Gasteiger charge is 2.27. The van der Waals surface area contributed by atoms with Crippen LogP contribution >= 0.6 is 0 Å². The smallest absolute Gasteiger partial charge is 0.253 e. The molecule has 0 radical (unpaired) electrons. The number of nitrogens with zero attached hydrogens (tertiary/aromatic N) is 1. The molecule has 0 aromatic heterocycles. The molecule has 1 fully saturated rings. The van der Waals surface area contributed by atoms with Crippen LogP contribution in [0.1, 0.15) is 43.5 Å². The van der Waals surface area contributed by atoms with E-state index in [2.05, 4.69) is 10.6 Å². The highest BCUT2D eigenvalue weighted by atomic mass is 16.2. The highest BCUT2D eigenvalue weighted by molar-refractivity contribution is 5.96. The van der Waals surface area contributed by atoms with E-state index in [1.165, 1.54) is 0 Å². The summed E-state index contributed by atoms with van der Waals surface area (Å²) in [7, 11) is 0. The SMILES string of the molecule is CCNC(=O)C1CCN(C(=O)c2ccc(NC(=O)CC)cc2)CC1. The fourth-order valence-electron chi connectivity index (χ4n) is 2.79. The number of anilines is 1. The van der Waals surface area contributed by atoms with E-state index in [1.54, 1.807) is 36.1 Å². The molecule has 0 aliphatic carbocycles. The molecule has 2 N–H and O–H groups in total. The Morgan fingerprint density at radius 2 is 1.71 bits per heavy atom. The second-order valence-corrected chi connectivity index (χ2v) is 5.94. The maximum atomic E-state index is 12.5. The van der Waals surface area contributed by atoms with Crippen molar-refractivity contribution in [3.8, 4) is 0 Å². The molecule has 0 spiro atoms. The van der Waals surface area contributed by atoms with Gasteiger partial charge in [0.1, 0.15) is 0 Å². The Balaban J connectivity index is 1.91. The number of rotatable bonds is 5. The molecule has 1 saturated heterocycles. The lowest BCUT2D eigenvalue weighted by Gasteiger charge is -2.31. The summed E-state index contributed by atoms with van der Waals surface area (Å²) in [6, 6.07) is 6.93. The van der Waals surface area contributed by atoms with Crippen LogP contribution < -0.4 is 10.6 Å². The first-order valence-corrected chi connectivity index (χ1v) is 8.52. The number of amides is 3. The van der Waals surface area contributed by atoms with Gasteiger partial charge < -0.3 is 15.5 Å². The predicted octanol–water partition coefficient (Wildman–Crippen LogP) is 2.02. The van der Waals surface area contributed by atoms with Crippen LogP contribution in [0.15, 0.2) is 24.3 Å². The molecule has 1 aromatic carbocycles. The van der Waals surface area contributed by atoms with Gasteiger partial charge in [0.2, 0.25) is 11.8 Å². The Labute approximate surface area is 142 Å². The largest absolute Gasteiger partial charge is 0.356 e. The summed E-state index contributed by atoms with van der Waals surface area (Å²) in [6.45, 7) is 5.52. The number of benzene rings is 1. The quantitative estimate of drug-likeness (QED) is 0.866. The second kappa shape index (κ2) is 8.47. The third-order valence-electron chi connectivity index (χ3n) is 4.24. The van der Waals surface area contributed by atoms with E-state index in [1.807, 2.05) is 6.92 Å². The molecule has 6 nitrogen and oxygen atoms in total. The molecule has 1 aliphatic heterocycles. The molecule has 0 atom stereocenters. The third kappa shape index (κ3) is 4.57. The minimum absolute atomic E-state index is 0.000585. The molecule has 3 amide bonds. The maximum absolute atomic E-state index is 12.5. The molecule has 2 rings (SSSR count). The molecule has 130 valence electrons. The summed E-state index contributed by atoms with van der Waals surface area (Å²) < 4.78 is 0. The Morgan fingerprint density at radius 3 is 2.25 bits per heavy atom. The highest BCUT2D eigenvalue weighted by Crippen LogP contribution is 2.20. The van der Waals surface area contributed by atoms with Gasteiger partial charge in [-0.25, -0.2) is 0 Å². The molecule has 1 heterocycles. The van der Waals surface area contributed by atoms with Crippen LogP contribution in [0.3, 0.4) is 0 Å². The van der Waals surface area contributed by atoms with Crippen molar-refractivity contribution in [1.82, 2.24) is 10.2 Å². The Kier molecular flexibility index (Phi) is 6.35. The van der Waals surface area contributed by atoms with Crippen LogP contribution in [0.5, 0.6) is 0 Å². The van der Waals surface area contributed by atoms with Gasteiger partial charge in [0.25, 0.3) is 5.91 Å². The zero-order valence-corrected chi connectivity index (χ0v) is 14.3. The summed E-state index contributed by atoms with van der Waals surface area (Å²) in [6.07, 6.45) is 1.81. The van der Waals surface area contributed by atoms with Gasteiger partial charge in [-0.05, 0) is 44.0 Å². The summed E-state index contributed by atoms with van der Waals surface area (Å²) in [5, 5.41) is 5.60. The first-order valence-electron chi connectivity index (χ1n) is 8.52. The lowest BCUT2D eigenvalue weighted by atomic mass is 9.95. The third-order valence-corrected chi connectivity index (χ3v) is 4.24. The lowest BCUT2D eigenvalue weighted by Crippen LogP contribution is -2.43. The van der Waals surface area contributed by atoms with Gasteiger partial charge in [-0.15, -0.1) is 0 Å². The standard InChI is InChI=1S/C18H25N3O3/c1-3-16(22)20-15-7-5-14(6-8-15)18(24)21-11-9-13(10-12-21)17(23)19-4-2/h5-8,13H,3-4,9-12H2,1-2H3,(H,19,23)(H,20,22). The number of piperidine rings is 1. The molecule has 0 bridgehead atoms. The first kappa shape index (κ1) is 18.0. The van der Waals surface area contributed by atoms with Gasteiger partial charge in [-0.3, -0.25) is 14.4 Å². The van der Waals surface area contributed by atoms with Crippen molar-refractivity contribution in [2.45, 2.75) is 33.1 Å². The molecule has 6 heteroatoms. The molecule has 1 aromatic rings. The second-order valence-electron chi connectivity index (χ2n) is 5.94. The van der Waals surface area contributed by atoms with Crippen LogP contribution in [0.2, 0.25) is 0 Å². The van der Waals surface area contributed by atoms with Crippen molar-refractivity contribution in [1.29, 1.82) is 0 Å². The number of nitrogens with one attached hydrogen (secondary N) is 2. The summed E-state index contributed by atoms with van der Waals surface area (Å²) >= 11 is 0. The number of likely N-dealkylation sites (tertiary alicyclic amines) is 1. The van der Waals surface area contributed by atoms with Crippen LogP contribution in [0.4, 0.5) is 5.69 Å². The van der Waals surface area contributed by atoms with E-state index >= 15 is 0 Å².